The first-order valence-corrected chi connectivity index (χ1v) is 6.82. The smallest absolute Gasteiger partial charge is 0.262 e. The third-order valence-electron chi connectivity index (χ3n) is 2.63. The number of nitrogens with zero attached hydrogens (tertiary/aromatic N) is 1. The van der Waals surface area contributed by atoms with Crippen LogP contribution in [-0.2, 0) is 4.79 Å². The molecule has 0 bridgehead atoms. The van der Waals surface area contributed by atoms with Crippen molar-refractivity contribution in [3.8, 4) is 5.75 Å². The predicted octanol–water partition coefficient (Wildman–Crippen LogP) is 3.30. The minimum Gasteiger partial charge on any atom is -0.484 e. The standard InChI is InChI=1S/C14H13Cl2N3O2/c1-8-5-11(15)18-14(16)13(8)19-12(20)7-21-10-4-2-3-9(17)6-10/h2-6H,7,17H2,1H3,(H,19,20). The highest BCUT2D eigenvalue weighted by Crippen LogP contribution is 2.26. The molecule has 1 aromatic carbocycles. The number of rotatable bonds is 4. The minimum atomic E-state index is -0.355. The molecule has 110 valence electrons. The number of ether oxygens (including phenoxy) is 1. The Morgan fingerprint density at radius 2 is 2.14 bits per heavy atom. The molecule has 0 spiro atoms. The molecule has 0 aliphatic heterocycles. The van der Waals surface area contributed by atoms with Gasteiger partial charge in [0.15, 0.2) is 11.8 Å². The number of anilines is 2. The summed E-state index contributed by atoms with van der Waals surface area (Å²) < 4.78 is 5.34. The number of carbonyl (C=O) groups excluding carboxylic acids is 1. The molecule has 0 radical (unpaired) electrons. The Balaban J connectivity index is 1.99. The Kier molecular flexibility index (Phi) is 4.88. The fraction of sp³-hybridized carbons (Fsp3) is 0.143. The van der Waals surface area contributed by atoms with Crippen LogP contribution in [0.4, 0.5) is 11.4 Å². The number of aromatic nitrogens is 1. The summed E-state index contributed by atoms with van der Waals surface area (Å²) in [7, 11) is 0. The van der Waals surface area contributed by atoms with Crippen LogP contribution in [0.15, 0.2) is 30.3 Å². The predicted molar refractivity (Wildman–Crippen MR) is 84.0 cm³/mol. The fourth-order valence-electron chi connectivity index (χ4n) is 1.67. The van der Waals surface area contributed by atoms with E-state index in [9.17, 15) is 4.79 Å². The summed E-state index contributed by atoms with van der Waals surface area (Å²) in [6.07, 6.45) is 0. The lowest BCUT2D eigenvalue weighted by molar-refractivity contribution is -0.118. The van der Waals surface area contributed by atoms with Gasteiger partial charge in [-0.1, -0.05) is 29.3 Å². The van der Waals surface area contributed by atoms with Crippen molar-refractivity contribution in [2.45, 2.75) is 6.92 Å². The minimum absolute atomic E-state index is 0.136. The zero-order chi connectivity index (χ0) is 15.4. The van der Waals surface area contributed by atoms with Crippen LogP contribution < -0.4 is 15.8 Å². The number of nitrogen functional groups attached to an aromatic ring is 1. The third kappa shape index (κ3) is 4.24. The Morgan fingerprint density at radius 1 is 1.38 bits per heavy atom. The SMILES string of the molecule is Cc1cc(Cl)nc(Cl)c1NC(=O)COc1cccc(N)c1. The summed E-state index contributed by atoms with van der Waals surface area (Å²) in [5.41, 5.74) is 7.33. The van der Waals surface area contributed by atoms with Gasteiger partial charge in [0.2, 0.25) is 0 Å². The lowest BCUT2D eigenvalue weighted by Gasteiger charge is -2.11. The van der Waals surface area contributed by atoms with E-state index in [0.29, 0.717) is 17.1 Å². The number of pyridine rings is 1. The zero-order valence-electron chi connectivity index (χ0n) is 11.2. The van der Waals surface area contributed by atoms with Gasteiger partial charge in [-0.2, -0.15) is 0 Å². The van der Waals surface area contributed by atoms with Crippen molar-refractivity contribution in [3.05, 3.63) is 46.2 Å². The molecule has 1 aromatic heterocycles. The molecule has 1 heterocycles. The molecule has 5 nitrogen and oxygen atoms in total. The molecule has 0 fully saturated rings. The highest BCUT2D eigenvalue weighted by atomic mass is 35.5. The average Bonchev–Trinajstić information content (AvgIpc) is 2.40. The van der Waals surface area contributed by atoms with Crippen LogP contribution in [0, 0.1) is 6.92 Å². The number of amides is 1. The highest BCUT2D eigenvalue weighted by molar-refractivity contribution is 6.34. The molecule has 0 saturated carbocycles. The van der Waals surface area contributed by atoms with Crippen molar-refractivity contribution in [2.24, 2.45) is 0 Å². The zero-order valence-corrected chi connectivity index (χ0v) is 12.7. The van der Waals surface area contributed by atoms with E-state index < -0.39 is 0 Å². The van der Waals surface area contributed by atoms with Crippen LogP contribution >= 0.6 is 23.2 Å². The monoisotopic (exact) mass is 325 g/mol. The number of halogens is 2. The normalized spacial score (nSPS) is 10.2. The van der Waals surface area contributed by atoms with Gasteiger partial charge in [0.05, 0.1) is 5.69 Å². The van der Waals surface area contributed by atoms with E-state index in [4.69, 9.17) is 33.7 Å². The molecule has 0 saturated heterocycles. The van der Waals surface area contributed by atoms with Gasteiger partial charge in [-0.3, -0.25) is 4.79 Å². The van der Waals surface area contributed by atoms with E-state index in [-0.39, 0.29) is 22.8 Å². The quantitative estimate of drug-likeness (QED) is 0.667. The number of nitrogens with one attached hydrogen (secondary N) is 1. The molecule has 21 heavy (non-hydrogen) atoms. The van der Waals surface area contributed by atoms with Gasteiger partial charge in [0.25, 0.3) is 5.91 Å². The van der Waals surface area contributed by atoms with Gasteiger partial charge in [-0.05, 0) is 30.7 Å². The van der Waals surface area contributed by atoms with Gasteiger partial charge < -0.3 is 15.8 Å². The van der Waals surface area contributed by atoms with E-state index in [1.165, 1.54) is 0 Å². The maximum Gasteiger partial charge on any atom is 0.262 e. The number of nitrogens with two attached hydrogens (primary N) is 1. The molecule has 2 rings (SSSR count). The number of benzene rings is 1. The largest absolute Gasteiger partial charge is 0.484 e. The molecule has 0 aliphatic carbocycles. The second-order valence-corrected chi connectivity index (χ2v) is 5.08. The van der Waals surface area contributed by atoms with Gasteiger partial charge >= 0.3 is 0 Å². The number of hydrogen-bond donors (Lipinski definition) is 2. The Hall–Kier alpha value is -1.98. The summed E-state index contributed by atoms with van der Waals surface area (Å²) in [6.45, 7) is 1.61. The second-order valence-electron chi connectivity index (χ2n) is 4.34. The van der Waals surface area contributed by atoms with Crippen LogP contribution in [0.1, 0.15) is 5.56 Å². The second kappa shape index (κ2) is 6.65. The first-order chi connectivity index (χ1) is 9.95. The molecule has 3 N–H and O–H groups in total. The Labute approximate surface area is 132 Å². The number of hydrogen-bond acceptors (Lipinski definition) is 4. The van der Waals surface area contributed by atoms with Crippen molar-refractivity contribution in [1.82, 2.24) is 4.98 Å². The summed E-state index contributed by atoms with van der Waals surface area (Å²) in [6, 6.07) is 8.44. The van der Waals surface area contributed by atoms with Gasteiger partial charge in [-0.25, -0.2) is 4.98 Å². The van der Waals surface area contributed by atoms with E-state index in [2.05, 4.69) is 10.3 Å². The van der Waals surface area contributed by atoms with E-state index in [0.717, 1.165) is 5.56 Å². The highest BCUT2D eigenvalue weighted by Gasteiger charge is 2.11. The first kappa shape index (κ1) is 15.4. The maximum absolute atomic E-state index is 11.9. The van der Waals surface area contributed by atoms with Gasteiger partial charge in [0.1, 0.15) is 10.9 Å². The molecule has 1 amide bonds. The van der Waals surface area contributed by atoms with Crippen molar-refractivity contribution in [1.29, 1.82) is 0 Å². The maximum atomic E-state index is 11.9. The van der Waals surface area contributed by atoms with Crippen molar-refractivity contribution in [3.63, 3.8) is 0 Å². The van der Waals surface area contributed by atoms with Crippen LogP contribution in [0.5, 0.6) is 5.75 Å². The third-order valence-corrected chi connectivity index (χ3v) is 3.10. The van der Waals surface area contributed by atoms with Crippen LogP contribution in [0.25, 0.3) is 0 Å². The van der Waals surface area contributed by atoms with Crippen LogP contribution in [0.3, 0.4) is 0 Å². The molecule has 2 aromatic rings. The first-order valence-electron chi connectivity index (χ1n) is 6.06. The molecule has 7 heteroatoms. The van der Waals surface area contributed by atoms with Crippen LogP contribution in [-0.4, -0.2) is 17.5 Å². The summed E-state index contributed by atoms with van der Waals surface area (Å²) in [5, 5.41) is 3.05. The average molecular weight is 326 g/mol. The Morgan fingerprint density at radius 3 is 2.81 bits per heavy atom. The molecule has 0 atom stereocenters. The van der Waals surface area contributed by atoms with E-state index >= 15 is 0 Å². The summed E-state index contributed by atoms with van der Waals surface area (Å²) in [4.78, 5) is 15.7. The lowest BCUT2D eigenvalue weighted by atomic mass is 10.2. The number of carbonyl (C=O) groups is 1. The van der Waals surface area contributed by atoms with Crippen LogP contribution in [0.2, 0.25) is 10.3 Å². The molecular formula is C14H13Cl2N3O2. The Bertz CT molecular complexity index is 654. The van der Waals surface area contributed by atoms with E-state index in [1.54, 1.807) is 37.3 Å². The fourth-order valence-corrected chi connectivity index (χ4v) is 2.25. The molecule has 0 unspecified atom stereocenters. The van der Waals surface area contributed by atoms with Crippen molar-refractivity contribution >= 4 is 40.5 Å². The summed E-state index contributed by atoms with van der Waals surface area (Å²) >= 11 is 11.7. The van der Waals surface area contributed by atoms with Crippen molar-refractivity contribution < 1.29 is 9.53 Å². The molecular weight excluding hydrogens is 313 g/mol. The summed E-state index contributed by atoms with van der Waals surface area (Å²) in [5.74, 6) is 0.161. The van der Waals surface area contributed by atoms with E-state index in [1.807, 2.05) is 0 Å². The van der Waals surface area contributed by atoms with Gasteiger partial charge in [-0.15, -0.1) is 0 Å². The van der Waals surface area contributed by atoms with Gasteiger partial charge in [0, 0.05) is 11.8 Å². The molecule has 0 aliphatic rings. The topological polar surface area (TPSA) is 77.2 Å². The van der Waals surface area contributed by atoms with Crippen molar-refractivity contribution in [2.75, 3.05) is 17.7 Å². The number of aryl methyl sites for hydroxylation is 1. The lowest BCUT2D eigenvalue weighted by Crippen LogP contribution is -2.21.